The van der Waals surface area contributed by atoms with Crippen molar-refractivity contribution in [1.82, 2.24) is 15.1 Å². The lowest BCUT2D eigenvalue weighted by molar-refractivity contribution is 0.0948. The molecule has 2 N–H and O–H groups in total. The number of hydrogen-bond acceptors (Lipinski definition) is 4. The lowest BCUT2D eigenvalue weighted by Crippen LogP contribution is -2.26. The molecule has 1 aromatic heterocycles. The molecule has 0 aliphatic heterocycles. The molecule has 1 aliphatic rings. The highest BCUT2D eigenvalue weighted by Gasteiger charge is 2.19. The lowest BCUT2D eigenvalue weighted by Gasteiger charge is -2.10. The summed E-state index contributed by atoms with van der Waals surface area (Å²) in [6.45, 7) is 5.43. The molecule has 7 nitrogen and oxygen atoms in total. The van der Waals surface area contributed by atoms with Crippen LogP contribution in [0, 0.1) is 0 Å². The second-order valence-electron chi connectivity index (χ2n) is 8.23. The van der Waals surface area contributed by atoms with Gasteiger partial charge in [0.2, 0.25) is 0 Å². The number of aryl methyl sites for hydroxylation is 3. The van der Waals surface area contributed by atoms with E-state index in [4.69, 9.17) is 4.74 Å². The molecule has 0 unspecified atom stereocenters. The number of carbonyl (C=O) groups excluding carboxylic acids is 2. The molecule has 1 aliphatic carbocycles. The second kappa shape index (κ2) is 10.3. The Balaban J connectivity index is 1.43. The second-order valence-corrected chi connectivity index (χ2v) is 8.23. The maximum Gasteiger partial charge on any atom is 0.273 e. The van der Waals surface area contributed by atoms with Gasteiger partial charge in [0.15, 0.2) is 5.69 Å². The number of benzene rings is 2. The van der Waals surface area contributed by atoms with Crippen molar-refractivity contribution in [3.8, 4) is 5.75 Å². The number of aromatic nitrogens is 2. The van der Waals surface area contributed by atoms with Gasteiger partial charge in [-0.3, -0.25) is 14.3 Å². The molecule has 4 rings (SSSR count). The third kappa shape index (κ3) is 5.42. The largest absolute Gasteiger partial charge is 0.489 e. The smallest absolute Gasteiger partial charge is 0.273 e. The van der Waals surface area contributed by atoms with E-state index >= 15 is 0 Å². The van der Waals surface area contributed by atoms with E-state index < -0.39 is 0 Å². The van der Waals surface area contributed by atoms with Crippen molar-refractivity contribution in [1.29, 1.82) is 0 Å². The number of fused-ring (bicyclic) bond motifs is 1. The minimum atomic E-state index is -0.297. The third-order valence-electron chi connectivity index (χ3n) is 5.75. The predicted octanol–water partition coefficient (Wildman–Crippen LogP) is 4.36. The Kier molecular flexibility index (Phi) is 7.07. The van der Waals surface area contributed by atoms with Crippen LogP contribution in [0.15, 0.2) is 48.7 Å². The summed E-state index contributed by atoms with van der Waals surface area (Å²) in [4.78, 5) is 25.4. The minimum Gasteiger partial charge on any atom is -0.489 e. The molecular formula is C26H30N4O3. The number of hydrogen-bond donors (Lipinski definition) is 2. The Labute approximate surface area is 194 Å². The zero-order valence-electron chi connectivity index (χ0n) is 19.2. The van der Waals surface area contributed by atoms with Crippen molar-refractivity contribution in [3.05, 3.63) is 76.6 Å². The third-order valence-corrected chi connectivity index (χ3v) is 5.75. The topological polar surface area (TPSA) is 85.3 Å². The van der Waals surface area contributed by atoms with Crippen LogP contribution in [0.3, 0.4) is 0 Å². The molecule has 3 aromatic rings. The van der Waals surface area contributed by atoms with Gasteiger partial charge in [-0.2, -0.15) is 5.10 Å². The fraction of sp³-hybridized carbons (Fsp3) is 0.346. The summed E-state index contributed by atoms with van der Waals surface area (Å²) in [5.74, 6) is 0.255. The van der Waals surface area contributed by atoms with E-state index in [1.807, 2.05) is 38.1 Å². The summed E-state index contributed by atoms with van der Waals surface area (Å²) in [7, 11) is 0. The van der Waals surface area contributed by atoms with Gasteiger partial charge in [-0.25, -0.2) is 0 Å². The SMILES string of the molecule is CCCNC(=O)c1nn(CC)cc1NC(=O)c1cccc(COc2ccc3c(c2)CCC3)c1. The minimum absolute atomic E-state index is 0.217. The summed E-state index contributed by atoms with van der Waals surface area (Å²) >= 11 is 0. The Morgan fingerprint density at radius 3 is 2.73 bits per heavy atom. The number of anilines is 1. The molecule has 33 heavy (non-hydrogen) atoms. The van der Waals surface area contributed by atoms with Gasteiger partial charge in [-0.05, 0) is 73.6 Å². The van der Waals surface area contributed by atoms with Gasteiger partial charge in [0.05, 0.1) is 5.69 Å². The van der Waals surface area contributed by atoms with Crippen molar-refractivity contribution >= 4 is 17.5 Å². The maximum atomic E-state index is 12.9. The van der Waals surface area contributed by atoms with Crippen LogP contribution in [-0.2, 0) is 26.0 Å². The highest BCUT2D eigenvalue weighted by atomic mass is 16.5. The number of nitrogens with zero attached hydrogens (tertiary/aromatic N) is 2. The Bertz CT molecular complexity index is 1150. The van der Waals surface area contributed by atoms with Crippen LogP contribution in [-0.4, -0.2) is 28.1 Å². The molecule has 0 spiro atoms. The van der Waals surface area contributed by atoms with E-state index in [1.54, 1.807) is 16.9 Å². The summed E-state index contributed by atoms with van der Waals surface area (Å²) in [6.07, 6.45) is 5.96. The molecule has 0 saturated heterocycles. The highest BCUT2D eigenvalue weighted by Crippen LogP contribution is 2.26. The zero-order chi connectivity index (χ0) is 23.2. The zero-order valence-corrected chi connectivity index (χ0v) is 19.2. The molecular weight excluding hydrogens is 416 g/mol. The molecule has 2 aromatic carbocycles. The standard InChI is InChI=1S/C26H30N4O3/c1-3-13-27-26(32)24-23(16-30(4-2)29-24)28-25(31)21-10-5-7-18(14-21)17-33-22-12-11-19-8-6-9-20(19)15-22/h5,7,10-12,14-16H,3-4,6,8-9,13,17H2,1-2H3,(H,27,32)(H,28,31). The van der Waals surface area contributed by atoms with E-state index in [0.717, 1.165) is 30.6 Å². The van der Waals surface area contributed by atoms with Crippen LogP contribution in [0.1, 0.15) is 64.2 Å². The fourth-order valence-corrected chi connectivity index (χ4v) is 3.97. The van der Waals surface area contributed by atoms with E-state index in [0.29, 0.717) is 30.9 Å². The molecule has 0 fully saturated rings. The van der Waals surface area contributed by atoms with Gasteiger partial charge in [0, 0.05) is 24.8 Å². The molecule has 2 amide bonds. The van der Waals surface area contributed by atoms with Crippen LogP contribution in [0.5, 0.6) is 5.75 Å². The molecule has 0 radical (unpaired) electrons. The van der Waals surface area contributed by atoms with Gasteiger partial charge in [-0.1, -0.05) is 25.1 Å². The number of carbonyl (C=O) groups is 2. The van der Waals surface area contributed by atoms with E-state index in [1.165, 1.54) is 17.5 Å². The predicted molar refractivity (Wildman–Crippen MR) is 128 cm³/mol. The Morgan fingerprint density at radius 1 is 1.06 bits per heavy atom. The van der Waals surface area contributed by atoms with Gasteiger partial charge in [0.25, 0.3) is 11.8 Å². The van der Waals surface area contributed by atoms with E-state index in [9.17, 15) is 9.59 Å². The Morgan fingerprint density at radius 2 is 1.91 bits per heavy atom. The Hall–Kier alpha value is -3.61. The van der Waals surface area contributed by atoms with Crippen molar-refractivity contribution < 1.29 is 14.3 Å². The monoisotopic (exact) mass is 446 g/mol. The van der Waals surface area contributed by atoms with Crippen molar-refractivity contribution in [2.75, 3.05) is 11.9 Å². The molecule has 1 heterocycles. The maximum absolute atomic E-state index is 12.9. The van der Waals surface area contributed by atoms with Gasteiger partial charge < -0.3 is 15.4 Å². The van der Waals surface area contributed by atoms with Crippen LogP contribution in [0.2, 0.25) is 0 Å². The van der Waals surface area contributed by atoms with Gasteiger partial charge in [0.1, 0.15) is 12.4 Å². The van der Waals surface area contributed by atoms with Crippen molar-refractivity contribution in [2.24, 2.45) is 0 Å². The summed E-state index contributed by atoms with van der Waals surface area (Å²) in [5.41, 5.74) is 4.79. The molecule has 0 bridgehead atoms. The summed E-state index contributed by atoms with van der Waals surface area (Å²) in [6, 6.07) is 13.6. The average Bonchev–Trinajstić information content (AvgIpc) is 3.47. The molecule has 0 atom stereocenters. The molecule has 0 saturated carbocycles. The van der Waals surface area contributed by atoms with Crippen LogP contribution < -0.4 is 15.4 Å². The quantitative estimate of drug-likeness (QED) is 0.511. The average molecular weight is 447 g/mol. The lowest BCUT2D eigenvalue weighted by atomic mass is 10.1. The first kappa shape index (κ1) is 22.6. The van der Waals surface area contributed by atoms with Gasteiger partial charge in [-0.15, -0.1) is 0 Å². The van der Waals surface area contributed by atoms with Crippen LogP contribution in [0.4, 0.5) is 5.69 Å². The van der Waals surface area contributed by atoms with Crippen molar-refractivity contribution in [2.45, 2.75) is 52.7 Å². The fourth-order valence-electron chi connectivity index (χ4n) is 3.97. The normalized spacial score (nSPS) is 12.3. The number of rotatable bonds is 9. The first-order chi connectivity index (χ1) is 16.1. The van der Waals surface area contributed by atoms with Crippen LogP contribution >= 0.6 is 0 Å². The first-order valence-corrected chi connectivity index (χ1v) is 11.6. The number of ether oxygens (including phenoxy) is 1. The molecule has 172 valence electrons. The van der Waals surface area contributed by atoms with Crippen LogP contribution in [0.25, 0.3) is 0 Å². The van der Waals surface area contributed by atoms with E-state index in [2.05, 4.69) is 27.9 Å². The molecule has 7 heteroatoms. The number of nitrogens with one attached hydrogen (secondary N) is 2. The highest BCUT2D eigenvalue weighted by molar-refractivity contribution is 6.08. The van der Waals surface area contributed by atoms with Gasteiger partial charge >= 0.3 is 0 Å². The summed E-state index contributed by atoms with van der Waals surface area (Å²) in [5, 5.41) is 9.96. The summed E-state index contributed by atoms with van der Waals surface area (Å²) < 4.78 is 7.61. The van der Waals surface area contributed by atoms with E-state index in [-0.39, 0.29) is 17.5 Å². The first-order valence-electron chi connectivity index (χ1n) is 11.6. The van der Waals surface area contributed by atoms with Crippen molar-refractivity contribution in [3.63, 3.8) is 0 Å². The number of amides is 2.